The lowest BCUT2D eigenvalue weighted by Crippen LogP contribution is -2.39. The van der Waals surface area contributed by atoms with Gasteiger partial charge in [0.2, 0.25) is 0 Å². The summed E-state index contributed by atoms with van der Waals surface area (Å²) in [6.07, 6.45) is -3.13. The molecule has 1 aliphatic heterocycles. The number of anilines is 1. The van der Waals surface area contributed by atoms with E-state index in [2.05, 4.69) is 20.0 Å². The minimum atomic E-state index is -4.31. The van der Waals surface area contributed by atoms with E-state index in [9.17, 15) is 19.3 Å². The first-order chi connectivity index (χ1) is 19.0. The van der Waals surface area contributed by atoms with Gasteiger partial charge in [-0.25, -0.2) is 29.0 Å². The monoisotopic (exact) mass is 640 g/mol. The van der Waals surface area contributed by atoms with Crippen LogP contribution in [-0.2, 0) is 32.7 Å². The number of rotatable bonds is 12. The Morgan fingerprint density at radius 1 is 1.32 bits per heavy atom. The molecule has 6 atom stereocenters. The van der Waals surface area contributed by atoms with Crippen LogP contribution in [0.25, 0.3) is 11.2 Å². The Hall–Kier alpha value is -1.91. The third-order valence-corrected chi connectivity index (χ3v) is 9.05. The first-order valence-corrected chi connectivity index (χ1v) is 15.6. The number of carbonyl (C=O) groups is 2. The number of fused-ring (bicyclic) bond motifs is 1. The maximum Gasteiger partial charge on any atom is 0.406 e. The van der Waals surface area contributed by atoms with Crippen LogP contribution in [-0.4, -0.2) is 84.2 Å². The number of ether oxygens (including phenoxy) is 2. The molecule has 1 unspecified atom stereocenters. The Kier molecular flexibility index (Phi) is 10.8. The number of nitrogens with two attached hydrogens (primary N) is 1. The number of nitrogens with one attached hydrogen (secondary N) is 1. The summed E-state index contributed by atoms with van der Waals surface area (Å²) in [5, 5.41) is 10.2. The molecule has 41 heavy (non-hydrogen) atoms. The lowest BCUT2D eigenvalue weighted by Gasteiger charge is -2.25. The summed E-state index contributed by atoms with van der Waals surface area (Å²) in [6, 6.07) is -1.13. The van der Waals surface area contributed by atoms with E-state index in [0.29, 0.717) is 0 Å². The van der Waals surface area contributed by atoms with Crippen molar-refractivity contribution in [1.82, 2.24) is 24.6 Å². The molecular formula is C23H35ClFN6O8PS. The number of nitrogen functional groups attached to an aromatic ring is 1. The van der Waals surface area contributed by atoms with Crippen LogP contribution in [0.3, 0.4) is 0 Å². The van der Waals surface area contributed by atoms with Gasteiger partial charge in [-0.2, -0.15) is 0 Å². The third-order valence-electron chi connectivity index (χ3n) is 5.68. The van der Waals surface area contributed by atoms with E-state index in [1.165, 1.54) is 13.3 Å². The van der Waals surface area contributed by atoms with Gasteiger partial charge in [-0.3, -0.25) is 23.2 Å². The van der Waals surface area contributed by atoms with E-state index < -0.39 is 61.4 Å². The van der Waals surface area contributed by atoms with Gasteiger partial charge in [-0.15, -0.1) is 0 Å². The fourth-order valence-corrected chi connectivity index (χ4v) is 6.25. The van der Waals surface area contributed by atoms with Gasteiger partial charge >= 0.3 is 13.7 Å². The maximum absolute atomic E-state index is 15.6. The van der Waals surface area contributed by atoms with Crippen molar-refractivity contribution >= 4 is 59.2 Å². The number of thioether (sulfide) groups is 1. The van der Waals surface area contributed by atoms with Crippen LogP contribution in [0.2, 0.25) is 0 Å². The SMILES string of the molecule is CC(C)OC(=O)[C@@H](C)NP(=O)(OCCSC(=O)C(C)(C)C)OC[C@H]1O[C@@H](n2cnc3c(N)ncnc32)[C@](F)(Cl)[C@@H]1O. The zero-order valence-corrected chi connectivity index (χ0v) is 25.9. The van der Waals surface area contributed by atoms with Crippen LogP contribution in [0.15, 0.2) is 12.7 Å². The molecule has 0 spiro atoms. The first-order valence-electron chi connectivity index (χ1n) is 12.6. The summed E-state index contributed by atoms with van der Waals surface area (Å²) < 4.78 is 52.1. The van der Waals surface area contributed by atoms with Gasteiger partial charge in [-0.1, -0.05) is 44.1 Å². The second-order valence-electron chi connectivity index (χ2n) is 10.6. The lowest BCUT2D eigenvalue weighted by atomic mass is 10.00. The molecule has 230 valence electrons. The lowest BCUT2D eigenvalue weighted by molar-refractivity contribution is -0.149. The molecule has 0 amide bonds. The highest BCUT2D eigenvalue weighted by molar-refractivity contribution is 8.13. The molecule has 3 heterocycles. The third kappa shape index (κ3) is 8.14. The summed E-state index contributed by atoms with van der Waals surface area (Å²) in [5.41, 5.74) is 5.48. The Labute approximate surface area is 245 Å². The van der Waals surface area contributed by atoms with Crippen molar-refractivity contribution in [3.05, 3.63) is 12.7 Å². The maximum atomic E-state index is 15.6. The number of hydrogen-bond donors (Lipinski definition) is 3. The van der Waals surface area contributed by atoms with Crippen molar-refractivity contribution in [1.29, 1.82) is 0 Å². The Morgan fingerprint density at radius 2 is 2.00 bits per heavy atom. The molecular weight excluding hydrogens is 606 g/mol. The topological polar surface area (TPSA) is 190 Å². The fraction of sp³-hybridized carbons (Fsp3) is 0.696. The van der Waals surface area contributed by atoms with Gasteiger partial charge in [0.1, 0.15) is 30.1 Å². The molecule has 0 aliphatic carbocycles. The Balaban J connectivity index is 1.74. The largest absolute Gasteiger partial charge is 0.462 e. The summed E-state index contributed by atoms with van der Waals surface area (Å²) in [5.74, 6) is -0.546. The highest BCUT2D eigenvalue weighted by Crippen LogP contribution is 2.49. The molecule has 3 rings (SSSR count). The minimum absolute atomic E-state index is 0.0443. The van der Waals surface area contributed by atoms with E-state index in [0.717, 1.165) is 22.7 Å². The van der Waals surface area contributed by atoms with E-state index in [-0.39, 0.29) is 34.5 Å². The average molecular weight is 641 g/mol. The molecule has 0 aromatic carbocycles. The number of aliphatic hydroxyl groups excluding tert-OH is 1. The number of esters is 1. The van der Waals surface area contributed by atoms with Gasteiger partial charge in [0.25, 0.3) is 5.13 Å². The number of aromatic nitrogens is 4. The van der Waals surface area contributed by atoms with Crippen LogP contribution in [0.5, 0.6) is 0 Å². The summed E-state index contributed by atoms with van der Waals surface area (Å²) in [4.78, 5) is 36.4. The number of halogens is 2. The van der Waals surface area contributed by atoms with E-state index in [1.54, 1.807) is 34.6 Å². The molecule has 4 N–H and O–H groups in total. The molecule has 0 radical (unpaired) electrons. The molecule has 18 heteroatoms. The van der Waals surface area contributed by atoms with Crippen molar-refractivity contribution in [3.8, 4) is 0 Å². The second kappa shape index (κ2) is 13.2. The van der Waals surface area contributed by atoms with Crippen LogP contribution in [0.1, 0.15) is 47.8 Å². The highest BCUT2D eigenvalue weighted by atomic mass is 35.5. The van der Waals surface area contributed by atoms with Gasteiger partial charge in [0.05, 0.1) is 25.6 Å². The zero-order valence-electron chi connectivity index (χ0n) is 23.4. The molecule has 2 aromatic rings. The van der Waals surface area contributed by atoms with Crippen molar-refractivity contribution in [2.45, 2.75) is 77.3 Å². The van der Waals surface area contributed by atoms with Crippen LogP contribution >= 0.6 is 31.1 Å². The van der Waals surface area contributed by atoms with Crippen LogP contribution in [0, 0.1) is 5.41 Å². The summed E-state index contributed by atoms with van der Waals surface area (Å²) in [7, 11) is -4.31. The van der Waals surface area contributed by atoms with Crippen LogP contribution < -0.4 is 10.8 Å². The number of nitrogens with zero attached hydrogens (tertiary/aromatic N) is 4. The van der Waals surface area contributed by atoms with E-state index >= 15 is 4.39 Å². The van der Waals surface area contributed by atoms with Crippen LogP contribution in [0.4, 0.5) is 10.2 Å². The van der Waals surface area contributed by atoms with Crippen molar-refractivity contribution in [2.75, 3.05) is 24.7 Å². The zero-order chi connectivity index (χ0) is 30.8. The predicted molar refractivity (Wildman–Crippen MR) is 150 cm³/mol. The summed E-state index contributed by atoms with van der Waals surface area (Å²) >= 11 is 7.05. The quantitative estimate of drug-likeness (QED) is 0.133. The number of imidazole rings is 1. The Bertz CT molecular complexity index is 1290. The van der Waals surface area contributed by atoms with Gasteiger partial charge in [0.15, 0.2) is 22.8 Å². The smallest absolute Gasteiger partial charge is 0.406 e. The molecule has 1 aliphatic rings. The van der Waals surface area contributed by atoms with Crippen molar-refractivity contribution < 1.29 is 42.2 Å². The molecule has 14 nitrogen and oxygen atoms in total. The predicted octanol–water partition coefficient (Wildman–Crippen LogP) is 2.95. The van der Waals surface area contributed by atoms with E-state index in [4.69, 9.17) is 35.9 Å². The number of aliphatic hydroxyl groups is 1. The molecule has 2 aromatic heterocycles. The summed E-state index contributed by atoms with van der Waals surface area (Å²) in [6.45, 7) is 9.10. The number of carbonyl (C=O) groups excluding carboxylic acids is 2. The minimum Gasteiger partial charge on any atom is -0.462 e. The fourth-order valence-electron chi connectivity index (χ4n) is 3.56. The molecule has 0 saturated carbocycles. The molecule has 1 fully saturated rings. The second-order valence-corrected chi connectivity index (χ2v) is 14.0. The van der Waals surface area contributed by atoms with Crippen molar-refractivity contribution in [2.24, 2.45) is 5.41 Å². The standard InChI is InChI=1S/C23H35ClFN6O8PS/c1-12(2)38-19(33)13(3)30-40(35,36-7-8-41-21(34)22(4,5)6)37-9-14-16(32)23(24,25)20(39-14)31-11-29-15-17(26)27-10-28-18(15)31/h10-14,16,20,32H,7-9H2,1-6H3,(H,30,35)(H2,26,27,28)/t13-,14-,16-,20-,23+,40?/m1/s1. The normalized spacial score (nSPS) is 25.4. The number of alkyl halides is 2. The average Bonchev–Trinajstić information content (AvgIpc) is 3.38. The molecule has 1 saturated heterocycles. The van der Waals surface area contributed by atoms with E-state index in [1.807, 2.05) is 0 Å². The van der Waals surface area contributed by atoms with Gasteiger partial charge in [-0.05, 0) is 20.8 Å². The highest BCUT2D eigenvalue weighted by Gasteiger charge is 2.58. The molecule has 0 bridgehead atoms. The Morgan fingerprint density at radius 3 is 2.63 bits per heavy atom. The van der Waals surface area contributed by atoms with Gasteiger partial charge in [0, 0.05) is 11.2 Å². The number of hydrogen-bond acceptors (Lipinski definition) is 13. The van der Waals surface area contributed by atoms with Crippen molar-refractivity contribution in [3.63, 3.8) is 0 Å². The van der Waals surface area contributed by atoms with Gasteiger partial charge < -0.3 is 20.3 Å². The first kappa shape index (κ1) is 33.6.